The minimum absolute atomic E-state index is 0.0859. The Bertz CT molecular complexity index is 708. The highest BCUT2D eigenvalue weighted by molar-refractivity contribution is 6.21. The Morgan fingerprint density at radius 2 is 1.77 bits per heavy atom. The zero-order valence-electron chi connectivity index (χ0n) is 18.2. The van der Waals surface area contributed by atoms with Crippen LogP contribution in [0.3, 0.4) is 0 Å². The first kappa shape index (κ1) is 26.0. The van der Waals surface area contributed by atoms with Gasteiger partial charge in [0.15, 0.2) is 18.2 Å². The molecule has 12 heteroatoms. The Labute approximate surface area is 191 Å². The summed E-state index contributed by atoms with van der Waals surface area (Å²) in [5.41, 5.74) is 8.69. The molecule has 31 heavy (non-hydrogen) atoms. The van der Waals surface area contributed by atoms with E-state index in [0.29, 0.717) is 6.42 Å². The van der Waals surface area contributed by atoms with E-state index in [1.807, 2.05) is 13.8 Å². The van der Waals surface area contributed by atoms with Crippen molar-refractivity contribution >= 4 is 35.1 Å². The molecule has 0 unspecified atom stereocenters. The number of carbonyl (C=O) groups excluding carboxylic acids is 2. The van der Waals surface area contributed by atoms with E-state index >= 15 is 0 Å². The smallest absolute Gasteiger partial charge is 0.303 e. The Balaban J connectivity index is 2.36. The predicted octanol–water partition coefficient (Wildman–Crippen LogP) is 3.53. The number of hydrogen-bond acceptors (Lipinski definition) is 8. The van der Waals surface area contributed by atoms with Crippen LogP contribution >= 0.6 is 23.2 Å². The first-order valence-corrected chi connectivity index (χ1v) is 11.1. The summed E-state index contributed by atoms with van der Waals surface area (Å²) in [4.78, 5) is 26.1. The molecule has 2 rings (SSSR count). The minimum Gasteiger partial charge on any atom is -0.459 e. The SMILES string of the molecule is CC[C@H]1O[C@H](O[C@]2(CCl)O[C@H](CN=[N+]=[N-])[C@@H](OC(C)=O)[C@@H]2C)[C@H](OC(C)=O)[C@@H](C)[C@H]1Cl. The van der Waals surface area contributed by atoms with E-state index in [0.717, 1.165) is 0 Å². The molecule has 0 radical (unpaired) electrons. The largest absolute Gasteiger partial charge is 0.459 e. The van der Waals surface area contributed by atoms with Crippen LogP contribution in [-0.4, -0.2) is 66.2 Å². The molecule has 2 aliphatic rings. The van der Waals surface area contributed by atoms with Crippen molar-refractivity contribution in [3.05, 3.63) is 10.4 Å². The van der Waals surface area contributed by atoms with Crippen molar-refractivity contribution in [2.75, 3.05) is 12.4 Å². The van der Waals surface area contributed by atoms with Crippen molar-refractivity contribution < 1.29 is 33.3 Å². The third-order valence-electron chi connectivity index (χ3n) is 5.69. The molecule has 0 bridgehead atoms. The predicted molar refractivity (Wildman–Crippen MR) is 111 cm³/mol. The number of alkyl halides is 2. The van der Waals surface area contributed by atoms with Gasteiger partial charge in [-0.25, -0.2) is 0 Å². The quantitative estimate of drug-likeness (QED) is 0.170. The summed E-state index contributed by atoms with van der Waals surface area (Å²) in [7, 11) is 0. The molecule has 2 saturated heterocycles. The van der Waals surface area contributed by atoms with Gasteiger partial charge in [-0.1, -0.05) is 25.9 Å². The average molecular weight is 482 g/mol. The summed E-state index contributed by atoms with van der Waals surface area (Å²) in [5, 5.41) is 3.15. The Morgan fingerprint density at radius 3 is 2.29 bits per heavy atom. The number of ether oxygens (including phenoxy) is 5. The van der Waals surface area contributed by atoms with Gasteiger partial charge in [0.25, 0.3) is 0 Å². The summed E-state index contributed by atoms with van der Waals surface area (Å²) < 4.78 is 29.2. The molecule has 10 nitrogen and oxygen atoms in total. The van der Waals surface area contributed by atoms with Crippen molar-refractivity contribution in [3.63, 3.8) is 0 Å². The molecule has 2 fully saturated rings. The third kappa shape index (κ3) is 5.74. The van der Waals surface area contributed by atoms with Crippen LogP contribution in [-0.2, 0) is 33.3 Å². The number of carbonyl (C=O) groups is 2. The molecule has 9 atom stereocenters. The van der Waals surface area contributed by atoms with Crippen LogP contribution in [0.1, 0.15) is 41.0 Å². The normalized spacial score (nSPS) is 40.1. The summed E-state index contributed by atoms with van der Waals surface area (Å²) in [6, 6.07) is 0. The highest BCUT2D eigenvalue weighted by Gasteiger charge is 2.58. The van der Waals surface area contributed by atoms with Crippen LogP contribution in [0.5, 0.6) is 0 Å². The lowest BCUT2D eigenvalue weighted by atomic mass is 9.91. The molecular weight excluding hydrogens is 453 g/mol. The van der Waals surface area contributed by atoms with Crippen LogP contribution in [0, 0.1) is 11.8 Å². The van der Waals surface area contributed by atoms with E-state index in [1.54, 1.807) is 6.92 Å². The molecule has 0 aliphatic carbocycles. The van der Waals surface area contributed by atoms with Gasteiger partial charge in [0, 0.05) is 24.7 Å². The fourth-order valence-corrected chi connectivity index (χ4v) is 4.76. The standard InChI is InChI=1S/C19H29Cl2N3O7/c1-6-13-15(21)9(2)16(27-11(4)25)18(29-13)31-19(8-20)10(3)17(28-12(5)26)14(30-19)7-23-24-22/h9-10,13-18H,6-8H2,1-5H3/t9-,10-,13+,14+,15+,16+,17-,18+,19-/m0/s1. The second-order valence-corrected chi connectivity index (χ2v) is 8.60. The lowest BCUT2D eigenvalue weighted by Crippen LogP contribution is -2.57. The molecule has 0 aromatic carbocycles. The van der Waals surface area contributed by atoms with E-state index in [4.69, 9.17) is 52.4 Å². The van der Waals surface area contributed by atoms with Crippen molar-refractivity contribution in [2.45, 2.75) is 82.9 Å². The number of rotatable bonds is 8. The maximum Gasteiger partial charge on any atom is 0.303 e. The zero-order chi connectivity index (χ0) is 23.3. The second-order valence-electron chi connectivity index (χ2n) is 7.82. The van der Waals surface area contributed by atoms with Gasteiger partial charge in [0.2, 0.25) is 0 Å². The summed E-state index contributed by atoms with van der Waals surface area (Å²) >= 11 is 12.8. The second kappa shape index (κ2) is 11.0. The van der Waals surface area contributed by atoms with E-state index in [9.17, 15) is 9.59 Å². The molecule has 2 aliphatic heterocycles. The molecule has 0 N–H and O–H groups in total. The Kier molecular flexibility index (Phi) is 9.24. The molecule has 0 aromatic rings. The number of nitrogens with zero attached hydrogens (tertiary/aromatic N) is 3. The van der Waals surface area contributed by atoms with E-state index in [2.05, 4.69) is 10.0 Å². The number of hydrogen-bond donors (Lipinski definition) is 0. The van der Waals surface area contributed by atoms with Gasteiger partial charge >= 0.3 is 11.9 Å². The van der Waals surface area contributed by atoms with Crippen LogP contribution in [0.15, 0.2) is 5.11 Å². The highest BCUT2D eigenvalue weighted by atomic mass is 35.5. The van der Waals surface area contributed by atoms with E-state index < -0.39 is 53.6 Å². The lowest BCUT2D eigenvalue weighted by Gasteiger charge is -2.45. The van der Waals surface area contributed by atoms with Gasteiger partial charge in [0.05, 0.1) is 29.8 Å². The van der Waals surface area contributed by atoms with Crippen LogP contribution in [0.4, 0.5) is 0 Å². The zero-order valence-corrected chi connectivity index (χ0v) is 19.7. The Hall–Kier alpha value is -1.29. The molecule has 0 saturated carbocycles. The van der Waals surface area contributed by atoms with Gasteiger partial charge in [-0.2, -0.15) is 0 Å². The van der Waals surface area contributed by atoms with Gasteiger partial charge in [-0.05, 0) is 12.0 Å². The van der Waals surface area contributed by atoms with Crippen molar-refractivity contribution in [2.24, 2.45) is 17.0 Å². The topological polar surface area (TPSA) is 129 Å². The van der Waals surface area contributed by atoms with Crippen molar-refractivity contribution in [1.29, 1.82) is 0 Å². The monoisotopic (exact) mass is 481 g/mol. The van der Waals surface area contributed by atoms with Crippen LogP contribution < -0.4 is 0 Å². The van der Waals surface area contributed by atoms with Crippen LogP contribution in [0.2, 0.25) is 0 Å². The molecule has 176 valence electrons. The molecular formula is C19H29Cl2N3O7. The van der Waals surface area contributed by atoms with Gasteiger partial charge in [0.1, 0.15) is 12.2 Å². The van der Waals surface area contributed by atoms with Crippen LogP contribution in [0.25, 0.3) is 10.4 Å². The summed E-state index contributed by atoms with van der Waals surface area (Å²) in [5.74, 6) is -3.43. The molecule has 0 aromatic heterocycles. The number of esters is 2. The van der Waals surface area contributed by atoms with Crippen molar-refractivity contribution in [3.8, 4) is 0 Å². The first-order valence-electron chi connectivity index (χ1n) is 10.2. The number of azide groups is 1. The average Bonchev–Trinajstić information content (AvgIpc) is 2.97. The summed E-state index contributed by atoms with van der Waals surface area (Å²) in [6.07, 6.45) is -3.09. The lowest BCUT2D eigenvalue weighted by molar-refractivity contribution is -0.347. The minimum atomic E-state index is -1.45. The summed E-state index contributed by atoms with van der Waals surface area (Å²) in [6.45, 7) is 8.00. The maximum atomic E-state index is 11.7. The van der Waals surface area contributed by atoms with E-state index in [-0.39, 0.29) is 24.4 Å². The molecule has 2 heterocycles. The van der Waals surface area contributed by atoms with E-state index in [1.165, 1.54) is 13.8 Å². The fraction of sp³-hybridized carbons (Fsp3) is 0.895. The fourth-order valence-electron chi connectivity index (χ4n) is 4.01. The van der Waals surface area contributed by atoms with Gasteiger partial charge < -0.3 is 23.7 Å². The molecule has 0 amide bonds. The van der Waals surface area contributed by atoms with Gasteiger partial charge in [-0.3, -0.25) is 9.59 Å². The highest BCUT2D eigenvalue weighted by Crippen LogP contribution is 2.44. The van der Waals surface area contributed by atoms with Gasteiger partial charge in [-0.15, -0.1) is 23.2 Å². The maximum absolute atomic E-state index is 11.7. The first-order chi connectivity index (χ1) is 14.6. The van der Waals surface area contributed by atoms with Crippen molar-refractivity contribution in [1.82, 2.24) is 0 Å². The third-order valence-corrected chi connectivity index (χ3v) is 6.74. The Morgan fingerprint density at radius 1 is 1.16 bits per heavy atom. The number of halogens is 2. The molecule has 0 spiro atoms.